The fourth-order valence-electron chi connectivity index (χ4n) is 3.54. The highest BCUT2D eigenvalue weighted by molar-refractivity contribution is 6.02. The van der Waals surface area contributed by atoms with Crippen molar-refractivity contribution in [3.8, 4) is 5.75 Å². The van der Waals surface area contributed by atoms with Gasteiger partial charge in [0.05, 0.1) is 26.0 Å². The average Bonchev–Trinajstić information content (AvgIpc) is 3.33. The van der Waals surface area contributed by atoms with Gasteiger partial charge in [-0.15, -0.1) is 0 Å². The number of carboxylic acid groups (broad SMARTS) is 1. The van der Waals surface area contributed by atoms with Crippen LogP contribution in [0.15, 0.2) is 29.4 Å². The average molecular weight is 474 g/mol. The molecular weight excluding hydrogens is 451 g/mol. The molecule has 3 heterocycles. The number of hydrogen-bond acceptors (Lipinski definition) is 9. The number of rotatable bonds is 7. The predicted molar refractivity (Wildman–Crippen MR) is 114 cm³/mol. The van der Waals surface area contributed by atoms with Crippen molar-refractivity contribution >= 4 is 17.6 Å². The van der Waals surface area contributed by atoms with Gasteiger partial charge in [0.1, 0.15) is 23.3 Å². The summed E-state index contributed by atoms with van der Waals surface area (Å²) >= 11 is 0. The third kappa shape index (κ3) is 5.29. The summed E-state index contributed by atoms with van der Waals surface area (Å²) in [6.45, 7) is 1.79. The zero-order chi connectivity index (χ0) is 24.2. The molecule has 1 amide bonds. The number of nitrogens with one attached hydrogen (secondary N) is 1. The van der Waals surface area contributed by atoms with Crippen LogP contribution in [0, 0.1) is 12.7 Å². The molecule has 12 heteroatoms. The number of hydrogen-bond donors (Lipinski definition) is 2. The molecular formula is C22H23FN4O7. The number of nitrogens with zero attached hydrogens (tertiary/aromatic N) is 3. The quantitative estimate of drug-likeness (QED) is 0.606. The molecule has 0 aliphatic carbocycles. The number of aryl methyl sites for hydroxylation is 1. The zero-order valence-corrected chi connectivity index (χ0v) is 18.5. The van der Waals surface area contributed by atoms with E-state index in [0.717, 1.165) is 0 Å². The molecule has 4 rings (SSSR count). The number of halogens is 1. The molecule has 2 N–H and O–H groups in total. The van der Waals surface area contributed by atoms with Gasteiger partial charge in [-0.3, -0.25) is 4.79 Å². The number of aliphatic carboxylic acids is 1. The Morgan fingerprint density at radius 3 is 2.74 bits per heavy atom. The van der Waals surface area contributed by atoms with Crippen molar-refractivity contribution in [3.05, 3.63) is 52.9 Å². The first kappa shape index (κ1) is 23.5. The predicted octanol–water partition coefficient (Wildman–Crippen LogP) is 1.22. The van der Waals surface area contributed by atoms with E-state index in [9.17, 15) is 14.0 Å². The molecule has 2 aromatic rings. The van der Waals surface area contributed by atoms with Crippen LogP contribution < -0.4 is 10.1 Å². The maximum absolute atomic E-state index is 13.6. The van der Waals surface area contributed by atoms with E-state index in [1.807, 2.05) is 0 Å². The maximum atomic E-state index is 13.6. The Bertz CT molecular complexity index is 1120. The minimum Gasteiger partial charge on any atom is -0.494 e. The van der Waals surface area contributed by atoms with Crippen LogP contribution in [0.25, 0.3) is 0 Å². The number of amides is 1. The van der Waals surface area contributed by atoms with Gasteiger partial charge in [0.15, 0.2) is 23.8 Å². The number of carbonyl (C=O) groups is 2. The lowest BCUT2D eigenvalue weighted by Crippen LogP contribution is -2.45. The van der Waals surface area contributed by atoms with Gasteiger partial charge in [-0.25, -0.2) is 19.2 Å². The van der Waals surface area contributed by atoms with Crippen LogP contribution in [0.5, 0.6) is 5.75 Å². The van der Waals surface area contributed by atoms with Gasteiger partial charge >= 0.3 is 5.97 Å². The summed E-state index contributed by atoms with van der Waals surface area (Å²) in [7, 11) is 1.37. The van der Waals surface area contributed by atoms with E-state index in [2.05, 4.69) is 20.4 Å². The Hall–Kier alpha value is -3.64. The molecule has 0 saturated carbocycles. The monoisotopic (exact) mass is 474 g/mol. The molecule has 1 aromatic carbocycles. The van der Waals surface area contributed by atoms with Crippen molar-refractivity contribution in [2.75, 3.05) is 20.3 Å². The summed E-state index contributed by atoms with van der Waals surface area (Å²) in [6, 6.07) is 5.84. The van der Waals surface area contributed by atoms with Crippen molar-refractivity contribution in [1.29, 1.82) is 0 Å². The van der Waals surface area contributed by atoms with E-state index in [1.54, 1.807) is 13.0 Å². The van der Waals surface area contributed by atoms with E-state index in [1.165, 1.54) is 25.3 Å². The summed E-state index contributed by atoms with van der Waals surface area (Å²) in [6.07, 6.45) is -1.60. The molecule has 2 aliphatic rings. The Balaban J connectivity index is 1.38. The number of carboxylic acids is 1. The molecule has 180 valence electrons. The normalized spacial score (nSPS) is 22.0. The number of oxime groups is 1. The van der Waals surface area contributed by atoms with Gasteiger partial charge in [0, 0.05) is 13.0 Å². The Kier molecular flexibility index (Phi) is 6.98. The first-order valence-electron chi connectivity index (χ1n) is 10.5. The Labute approximate surface area is 193 Å². The van der Waals surface area contributed by atoms with Gasteiger partial charge in [-0.05, 0) is 30.7 Å². The van der Waals surface area contributed by atoms with Gasteiger partial charge in [-0.2, -0.15) is 0 Å². The van der Waals surface area contributed by atoms with Crippen LogP contribution in [0.3, 0.4) is 0 Å². The van der Waals surface area contributed by atoms with Gasteiger partial charge < -0.3 is 29.5 Å². The molecule has 1 aromatic heterocycles. The molecule has 1 fully saturated rings. The molecule has 3 atom stereocenters. The summed E-state index contributed by atoms with van der Waals surface area (Å²) in [5.74, 6) is -1.54. The van der Waals surface area contributed by atoms with Crippen molar-refractivity contribution in [3.63, 3.8) is 0 Å². The maximum Gasteiger partial charge on any atom is 0.335 e. The third-order valence-corrected chi connectivity index (χ3v) is 5.34. The highest BCUT2D eigenvalue weighted by Gasteiger charge is 2.37. The number of methoxy groups -OCH3 is 1. The van der Waals surface area contributed by atoms with Crippen molar-refractivity contribution < 1.29 is 38.1 Å². The lowest BCUT2D eigenvalue weighted by molar-refractivity contribution is -0.190. The number of aromatic nitrogens is 2. The number of carbonyl (C=O) groups excluding carboxylic acids is 1. The lowest BCUT2D eigenvalue weighted by Gasteiger charge is -2.29. The van der Waals surface area contributed by atoms with E-state index in [-0.39, 0.29) is 31.2 Å². The lowest BCUT2D eigenvalue weighted by atomic mass is 10.0. The van der Waals surface area contributed by atoms with Gasteiger partial charge in [0.2, 0.25) is 0 Å². The summed E-state index contributed by atoms with van der Waals surface area (Å²) in [4.78, 5) is 37.7. The molecule has 1 saturated heterocycles. The molecule has 34 heavy (non-hydrogen) atoms. The minimum atomic E-state index is -1.08. The largest absolute Gasteiger partial charge is 0.494 e. The SMILES string of the molecule is COc1cc(CNC(=O)c2cc(C3=NOC([C@@H]4CO[C@@H](C(=O)O)CO4)C3)nc(C)n2)ccc1F. The van der Waals surface area contributed by atoms with Crippen LogP contribution in [-0.2, 0) is 25.7 Å². The number of ether oxygens (including phenoxy) is 3. The van der Waals surface area contributed by atoms with Crippen LogP contribution in [-0.4, -0.2) is 71.3 Å². The van der Waals surface area contributed by atoms with Crippen molar-refractivity contribution in [2.24, 2.45) is 5.16 Å². The summed E-state index contributed by atoms with van der Waals surface area (Å²) in [5.41, 5.74) is 1.75. The first-order valence-corrected chi connectivity index (χ1v) is 10.5. The van der Waals surface area contributed by atoms with E-state index >= 15 is 0 Å². The molecule has 0 bridgehead atoms. The summed E-state index contributed by atoms with van der Waals surface area (Å²) in [5, 5.41) is 15.8. The fraction of sp³-hybridized carbons (Fsp3) is 0.409. The Morgan fingerprint density at radius 1 is 1.21 bits per heavy atom. The van der Waals surface area contributed by atoms with Gasteiger partial charge in [-0.1, -0.05) is 11.2 Å². The molecule has 1 unspecified atom stereocenters. The van der Waals surface area contributed by atoms with Crippen molar-refractivity contribution in [2.45, 2.75) is 38.2 Å². The zero-order valence-electron chi connectivity index (χ0n) is 18.5. The Morgan fingerprint density at radius 2 is 2.03 bits per heavy atom. The standard InChI is InChI=1S/C22H23FN4O7/c1-11-25-14(15-7-18(34-27-15)19-9-33-20(10-32-19)22(29)30)6-16(26-11)21(28)24-8-12-3-4-13(23)17(5-12)31-2/h3-6,18-20H,7-10H2,1-2H3,(H,24,28)(H,29,30)/t18?,19-,20+/m0/s1. The van der Waals surface area contributed by atoms with Gasteiger partial charge in [0.25, 0.3) is 5.91 Å². The molecule has 0 radical (unpaired) electrons. The smallest absolute Gasteiger partial charge is 0.335 e. The van der Waals surface area contributed by atoms with E-state index < -0.39 is 36.0 Å². The molecule has 2 aliphatic heterocycles. The van der Waals surface area contributed by atoms with Crippen LogP contribution in [0.2, 0.25) is 0 Å². The van der Waals surface area contributed by atoms with Crippen LogP contribution >= 0.6 is 0 Å². The summed E-state index contributed by atoms with van der Waals surface area (Å²) < 4.78 is 29.4. The second kappa shape index (κ2) is 10.1. The van der Waals surface area contributed by atoms with E-state index in [0.29, 0.717) is 29.2 Å². The second-order valence-electron chi connectivity index (χ2n) is 7.76. The highest BCUT2D eigenvalue weighted by Crippen LogP contribution is 2.23. The fourth-order valence-corrected chi connectivity index (χ4v) is 3.54. The highest BCUT2D eigenvalue weighted by atomic mass is 19.1. The topological polar surface area (TPSA) is 141 Å². The first-order chi connectivity index (χ1) is 16.3. The molecule has 11 nitrogen and oxygen atoms in total. The second-order valence-corrected chi connectivity index (χ2v) is 7.76. The van der Waals surface area contributed by atoms with Crippen LogP contribution in [0.4, 0.5) is 4.39 Å². The number of benzene rings is 1. The minimum absolute atomic E-state index is 0.0645. The van der Waals surface area contributed by atoms with Crippen molar-refractivity contribution in [1.82, 2.24) is 15.3 Å². The van der Waals surface area contributed by atoms with E-state index in [4.69, 9.17) is 24.2 Å². The van der Waals surface area contributed by atoms with Crippen LogP contribution in [0.1, 0.15) is 34.0 Å². The third-order valence-electron chi connectivity index (χ3n) is 5.34. The molecule has 0 spiro atoms.